The van der Waals surface area contributed by atoms with Gasteiger partial charge >= 0.3 is 12.1 Å². The normalized spacial score (nSPS) is 11.4. The number of alkyl halides is 3. The average molecular weight is 329 g/mol. The van der Waals surface area contributed by atoms with E-state index in [4.69, 9.17) is 9.57 Å². The van der Waals surface area contributed by atoms with Gasteiger partial charge in [-0.05, 0) is 18.2 Å². The van der Waals surface area contributed by atoms with E-state index in [1.54, 1.807) is 0 Å². The molecule has 1 amide bonds. The summed E-state index contributed by atoms with van der Waals surface area (Å²) in [6, 6.07) is 4.58. The van der Waals surface area contributed by atoms with Gasteiger partial charge in [-0.1, -0.05) is 6.07 Å². The number of methoxy groups -OCH3 is 1. The van der Waals surface area contributed by atoms with Crippen LogP contribution in [0.25, 0.3) is 5.69 Å². The fourth-order valence-electron chi connectivity index (χ4n) is 1.84. The Bertz CT molecular complexity index is 713. The first kappa shape index (κ1) is 16.8. The van der Waals surface area contributed by atoms with E-state index in [9.17, 15) is 18.0 Å². The highest BCUT2D eigenvalue weighted by molar-refractivity contribution is 5.94. The number of hydroxylamine groups is 2. The van der Waals surface area contributed by atoms with E-state index in [-0.39, 0.29) is 17.1 Å². The van der Waals surface area contributed by atoms with Gasteiger partial charge in [0.2, 0.25) is 0 Å². The second kappa shape index (κ2) is 6.29. The Kier molecular flexibility index (Phi) is 4.60. The minimum Gasteiger partial charge on any atom is -0.493 e. The minimum atomic E-state index is -4.47. The van der Waals surface area contributed by atoms with Gasteiger partial charge in [0.1, 0.15) is 0 Å². The monoisotopic (exact) mass is 329 g/mol. The van der Waals surface area contributed by atoms with Crippen LogP contribution in [0, 0.1) is 0 Å². The third kappa shape index (κ3) is 3.45. The molecule has 6 nitrogen and oxygen atoms in total. The molecule has 0 spiro atoms. The van der Waals surface area contributed by atoms with Gasteiger partial charge in [0.05, 0.1) is 31.7 Å². The predicted octanol–water partition coefficient (Wildman–Crippen LogP) is 2.53. The zero-order valence-electron chi connectivity index (χ0n) is 12.6. The van der Waals surface area contributed by atoms with Crippen LogP contribution in [0.15, 0.2) is 30.5 Å². The highest BCUT2D eigenvalue weighted by Gasteiger charge is 2.31. The third-order valence-electron chi connectivity index (χ3n) is 3.10. The molecule has 0 aliphatic heterocycles. The Morgan fingerprint density at radius 2 is 2.00 bits per heavy atom. The fourth-order valence-corrected chi connectivity index (χ4v) is 1.84. The Hall–Kier alpha value is -2.55. The maximum atomic E-state index is 12.8. The van der Waals surface area contributed by atoms with Gasteiger partial charge in [-0.2, -0.15) is 18.3 Å². The molecule has 0 atom stereocenters. The lowest BCUT2D eigenvalue weighted by Crippen LogP contribution is -2.26. The average Bonchev–Trinajstić information content (AvgIpc) is 2.97. The molecule has 0 N–H and O–H groups in total. The zero-order valence-corrected chi connectivity index (χ0v) is 12.6. The summed E-state index contributed by atoms with van der Waals surface area (Å²) in [7, 11) is 4.01. The molecular formula is C14H14F3N3O3. The number of rotatable bonds is 4. The van der Waals surface area contributed by atoms with E-state index in [2.05, 4.69) is 5.10 Å². The molecule has 1 aromatic carbocycles. The van der Waals surface area contributed by atoms with Gasteiger partial charge in [-0.3, -0.25) is 9.63 Å². The lowest BCUT2D eigenvalue weighted by atomic mass is 10.2. The molecule has 0 fully saturated rings. The molecule has 1 heterocycles. The number of carbonyl (C=O) groups excluding carboxylic acids is 1. The highest BCUT2D eigenvalue weighted by atomic mass is 19.4. The maximum Gasteiger partial charge on any atom is 0.416 e. The van der Waals surface area contributed by atoms with Gasteiger partial charge in [-0.15, -0.1) is 0 Å². The number of hydrogen-bond donors (Lipinski definition) is 0. The number of hydrogen-bond acceptors (Lipinski definition) is 4. The first-order valence-electron chi connectivity index (χ1n) is 6.41. The summed E-state index contributed by atoms with van der Waals surface area (Å²) in [6.07, 6.45) is -3.14. The first-order chi connectivity index (χ1) is 10.8. The summed E-state index contributed by atoms with van der Waals surface area (Å²) < 4.78 is 44.5. The predicted molar refractivity (Wildman–Crippen MR) is 74.2 cm³/mol. The van der Waals surface area contributed by atoms with Crippen molar-refractivity contribution in [3.63, 3.8) is 0 Å². The van der Waals surface area contributed by atoms with Crippen molar-refractivity contribution >= 4 is 5.91 Å². The van der Waals surface area contributed by atoms with Crippen molar-refractivity contribution in [2.45, 2.75) is 6.18 Å². The van der Waals surface area contributed by atoms with E-state index in [1.165, 1.54) is 39.6 Å². The van der Waals surface area contributed by atoms with Gasteiger partial charge in [0.15, 0.2) is 11.4 Å². The number of benzene rings is 1. The van der Waals surface area contributed by atoms with E-state index in [1.807, 2.05) is 0 Å². The van der Waals surface area contributed by atoms with Crippen molar-refractivity contribution in [3.8, 4) is 11.4 Å². The van der Waals surface area contributed by atoms with Crippen LogP contribution >= 0.6 is 0 Å². The lowest BCUT2D eigenvalue weighted by molar-refractivity contribution is -0.137. The molecule has 9 heteroatoms. The Morgan fingerprint density at radius 3 is 2.57 bits per heavy atom. The molecule has 1 aromatic heterocycles. The summed E-state index contributed by atoms with van der Waals surface area (Å²) in [5, 5.41) is 4.93. The van der Waals surface area contributed by atoms with Crippen LogP contribution in [0.4, 0.5) is 13.2 Å². The molecule has 124 valence electrons. The topological polar surface area (TPSA) is 56.6 Å². The number of aromatic nitrogens is 2. The van der Waals surface area contributed by atoms with Crippen LogP contribution in [0.5, 0.6) is 5.75 Å². The zero-order chi connectivity index (χ0) is 17.2. The van der Waals surface area contributed by atoms with E-state index >= 15 is 0 Å². The van der Waals surface area contributed by atoms with E-state index in [0.717, 1.165) is 21.9 Å². The number of halogens is 3. The van der Waals surface area contributed by atoms with Crippen molar-refractivity contribution < 1.29 is 27.5 Å². The molecule has 0 aliphatic rings. The van der Waals surface area contributed by atoms with Crippen molar-refractivity contribution in [2.75, 3.05) is 21.3 Å². The first-order valence-corrected chi connectivity index (χ1v) is 6.41. The van der Waals surface area contributed by atoms with Crippen molar-refractivity contribution in [1.82, 2.24) is 14.8 Å². The standard InChI is InChI=1S/C14H14F3N3O3/c1-19(23-3)13(21)12-11(22-2)8-20(18-12)10-6-4-5-9(7-10)14(15,16)17/h4-8H,1-3H3. The molecule has 2 aromatic rings. The summed E-state index contributed by atoms with van der Waals surface area (Å²) >= 11 is 0. The molecule has 0 unspecified atom stereocenters. The molecule has 0 aliphatic carbocycles. The molecule has 23 heavy (non-hydrogen) atoms. The van der Waals surface area contributed by atoms with E-state index < -0.39 is 17.6 Å². The Labute approximate surface area is 130 Å². The van der Waals surface area contributed by atoms with Gasteiger partial charge in [0.25, 0.3) is 0 Å². The smallest absolute Gasteiger partial charge is 0.416 e. The summed E-state index contributed by atoms with van der Waals surface area (Å²) in [5.74, 6) is -0.466. The van der Waals surface area contributed by atoms with Crippen molar-refractivity contribution in [2.24, 2.45) is 0 Å². The molecule has 0 saturated carbocycles. The van der Waals surface area contributed by atoms with Crippen LogP contribution in [-0.2, 0) is 11.0 Å². The van der Waals surface area contributed by atoms with Crippen LogP contribution < -0.4 is 4.74 Å². The van der Waals surface area contributed by atoms with Crippen LogP contribution in [0.3, 0.4) is 0 Å². The maximum absolute atomic E-state index is 12.8. The van der Waals surface area contributed by atoms with E-state index in [0.29, 0.717) is 0 Å². The number of ether oxygens (including phenoxy) is 1. The third-order valence-corrected chi connectivity index (χ3v) is 3.10. The van der Waals surface area contributed by atoms with Crippen LogP contribution in [0.1, 0.15) is 16.1 Å². The summed E-state index contributed by atoms with van der Waals surface area (Å²) in [6.45, 7) is 0. The van der Waals surface area contributed by atoms with Gasteiger partial charge in [0, 0.05) is 7.05 Å². The Morgan fingerprint density at radius 1 is 1.30 bits per heavy atom. The molecule has 0 bridgehead atoms. The molecular weight excluding hydrogens is 315 g/mol. The SMILES string of the molecule is COc1cn(-c2cccc(C(F)(F)F)c2)nc1C(=O)N(C)OC. The van der Waals surface area contributed by atoms with Crippen molar-refractivity contribution in [1.29, 1.82) is 0 Å². The molecule has 2 rings (SSSR count). The lowest BCUT2D eigenvalue weighted by Gasteiger charge is -2.12. The second-order valence-corrected chi connectivity index (χ2v) is 4.52. The quantitative estimate of drug-likeness (QED) is 0.809. The Balaban J connectivity index is 2.46. The molecule has 0 saturated heterocycles. The number of nitrogens with zero attached hydrogens (tertiary/aromatic N) is 3. The largest absolute Gasteiger partial charge is 0.493 e. The summed E-state index contributed by atoms with van der Waals surface area (Å²) in [4.78, 5) is 16.9. The van der Waals surface area contributed by atoms with Gasteiger partial charge < -0.3 is 4.74 Å². The highest BCUT2D eigenvalue weighted by Crippen LogP contribution is 2.30. The van der Waals surface area contributed by atoms with Gasteiger partial charge in [-0.25, -0.2) is 9.75 Å². The number of carbonyl (C=O) groups is 1. The van der Waals surface area contributed by atoms with Crippen molar-refractivity contribution in [3.05, 3.63) is 41.7 Å². The van der Waals surface area contributed by atoms with Crippen LogP contribution in [-0.4, -0.2) is 42.0 Å². The second-order valence-electron chi connectivity index (χ2n) is 4.52. The number of amides is 1. The fraction of sp³-hybridized carbons (Fsp3) is 0.286. The van der Waals surface area contributed by atoms with Crippen LogP contribution in [0.2, 0.25) is 0 Å². The minimum absolute atomic E-state index is 0.0748. The molecule has 0 radical (unpaired) electrons. The summed E-state index contributed by atoms with van der Waals surface area (Å²) in [5.41, 5.74) is -0.738.